The van der Waals surface area contributed by atoms with Gasteiger partial charge in [0.2, 0.25) is 5.91 Å². The maximum atomic E-state index is 12.6. The smallest absolute Gasteiger partial charge is 0.294 e. The monoisotopic (exact) mass is 361 g/mol. The van der Waals surface area contributed by atoms with E-state index in [0.717, 1.165) is 52.9 Å². The molecule has 1 aromatic heterocycles. The predicted octanol–water partition coefficient (Wildman–Crippen LogP) is 2.69. The summed E-state index contributed by atoms with van der Waals surface area (Å²) in [6.45, 7) is 5.24. The molecule has 2 fully saturated rings. The molecule has 6 nitrogen and oxygen atoms in total. The van der Waals surface area contributed by atoms with E-state index in [4.69, 9.17) is 0 Å². The lowest BCUT2D eigenvalue weighted by Gasteiger charge is -2.27. The van der Waals surface area contributed by atoms with E-state index in [1.165, 1.54) is 0 Å². The third-order valence-electron chi connectivity index (χ3n) is 4.98. The van der Waals surface area contributed by atoms with Crippen molar-refractivity contribution in [1.82, 2.24) is 14.4 Å². The summed E-state index contributed by atoms with van der Waals surface area (Å²) in [5, 5.41) is -0.369. The van der Waals surface area contributed by atoms with Crippen LogP contribution in [-0.2, 0) is 16.6 Å². The van der Waals surface area contributed by atoms with Crippen molar-refractivity contribution in [3.8, 4) is 0 Å². The van der Waals surface area contributed by atoms with Crippen molar-refractivity contribution in [2.75, 3.05) is 19.6 Å². The Morgan fingerprint density at radius 2 is 1.88 bits per heavy atom. The zero-order valence-corrected chi connectivity index (χ0v) is 15.7. The van der Waals surface area contributed by atoms with Crippen LogP contribution in [0.1, 0.15) is 36.2 Å². The van der Waals surface area contributed by atoms with E-state index < -0.39 is 0 Å². The van der Waals surface area contributed by atoms with Crippen molar-refractivity contribution in [1.29, 1.82) is 0 Å². The van der Waals surface area contributed by atoms with E-state index in [1.807, 2.05) is 31.5 Å². The Labute approximate surface area is 151 Å². The molecule has 25 heavy (non-hydrogen) atoms. The molecule has 0 atom stereocenters. The number of carbonyl (C=O) groups is 3. The average molecular weight is 361 g/mol. The van der Waals surface area contributed by atoms with E-state index in [2.05, 4.69) is 0 Å². The van der Waals surface area contributed by atoms with E-state index in [1.54, 1.807) is 11.0 Å². The number of likely N-dealkylation sites (tertiary alicyclic amines) is 1. The fraction of sp³-hybridized carbons (Fsp3) is 0.500. The molecular formula is C18H23N3O3S. The van der Waals surface area contributed by atoms with Crippen molar-refractivity contribution in [3.05, 3.63) is 27.9 Å². The van der Waals surface area contributed by atoms with Gasteiger partial charge in [0.15, 0.2) is 0 Å². The maximum Gasteiger partial charge on any atom is 0.294 e. The first-order valence-electron chi connectivity index (χ1n) is 8.54. The summed E-state index contributed by atoms with van der Waals surface area (Å²) in [6, 6.07) is 1.99. The number of carbonyl (C=O) groups excluding carboxylic acids is 3. The fourth-order valence-corrected chi connectivity index (χ4v) is 4.02. The molecule has 0 unspecified atom stereocenters. The van der Waals surface area contributed by atoms with Gasteiger partial charge in [0, 0.05) is 31.5 Å². The number of nitrogens with zero attached hydrogens (tertiary/aromatic N) is 3. The Bertz CT molecular complexity index is 760. The van der Waals surface area contributed by atoms with E-state index in [9.17, 15) is 14.4 Å². The molecule has 0 aliphatic carbocycles. The Morgan fingerprint density at radius 1 is 1.20 bits per heavy atom. The highest BCUT2D eigenvalue weighted by atomic mass is 32.2. The minimum atomic E-state index is -0.374. The number of thioether (sulfide) groups is 1. The summed E-state index contributed by atoms with van der Waals surface area (Å²) < 4.78 is 2.04. The zero-order chi connectivity index (χ0) is 18.1. The third kappa shape index (κ3) is 3.51. The molecular weight excluding hydrogens is 338 g/mol. The van der Waals surface area contributed by atoms with Crippen molar-refractivity contribution < 1.29 is 14.4 Å². The van der Waals surface area contributed by atoms with E-state index in [0.29, 0.717) is 18.0 Å². The molecule has 2 aliphatic heterocycles. The van der Waals surface area contributed by atoms with Crippen LogP contribution in [0.2, 0.25) is 0 Å². The first kappa shape index (κ1) is 17.8. The van der Waals surface area contributed by atoms with Gasteiger partial charge in [-0.25, -0.2) is 0 Å². The molecule has 3 rings (SSSR count). The van der Waals surface area contributed by atoms with Crippen LogP contribution in [0.3, 0.4) is 0 Å². The number of rotatable bonds is 3. The lowest BCUT2D eigenvalue weighted by molar-refractivity contribution is -0.136. The SMILES string of the molecule is Cc1cc(/C=C2\SC(=O)N(CC(=O)N3CCCCC3)C2=O)c(C)n1C. The second kappa shape index (κ2) is 7.07. The largest absolute Gasteiger partial charge is 0.352 e. The molecule has 3 amide bonds. The van der Waals surface area contributed by atoms with Crippen LogP contribution in [0, 0.1) is 13.8 Å². The number of aryl methyl sites for hydroxylation is 1. The van der Waals surface area contributed by atoms with Gasteiger partial charge in [-0.1, -0.05) is 0 Å². The summed E-state index contributed by atoms with van der Waals surface area (Å²) in [5.41, 5.74) is 3.05. The van der Waals surface area contributed by atoms with Crippen LogP contribution in [0.5, 0.6) is 0 Å². The molecule has 2 saturated heterocycles. The van der Waals surface area contributed by atoms with Gasteiger partial charge in [0.25, 0.3) is 11.1 Å². The van der Waals surface area contributed by atoms with Crippen LogP contribution < -0.4 is 0 Å². The molecule has 134 valence electrons. The highest BCUT2D eigenvalue weighted by Crippen LogP contribution is 2.33. The summed E-state index contributed by atoms with van der Waals surface area (Å²) in [6.07, 6.45) is 4.85. The minimum Gasteiger partial charge on any atom is -0.352 e. The minimum absolute atomic E-state index is 0.144. The predicted molar refractivity (Wildman–Crippen MR) is 98.0 cm³/mol. The van der Waals surface area contributed by atoms with Crippen LogP contribution in [-0.4, -0.2) is 51.1 Å². The van der Waals surface area contributed by atoms with Crippen molar-refractivity contribution in [3.63, 3.8) is 0 Å². The molecule has 1 aromatic rings. The van der Waals surface area contributed by atoms with Crippen LogP contribution in [0.15, 0.2) is 11.0 Å². The van der Waals surface area contributed by atoms with Gasteiger partial charge in [0.1, 0.15) is 6.54 Å². The molecule has 0 aromatic carbocycles. The Hall–Kier alpha value is -2.02. The van der Waals surface area contributed by atoms with Crippen molar-refractivity contribution >= 4 is 34.9 Å². The zero-order valence-electron chi connectivity index (χ0n) is 14.9. The highest BCUT2D eigenvalue weighted by molar-refractivity contribution is 8.18. The quantitative estimate of drug-likeness (QED) is 0.777. The second-order valence-electron chi connectivity index (χ2n) is 6.59. The molecule has 3 heterocycles. The molecule has 0 spiro atoms. The number of hydrogen-bond donors (Lipinski definition) is 0. The lowest BCUT2D eigenvalue weighted by atomic mass is 10.1. The third-order valence-corrected chi connectivity index (χ3v) is 5.88. The Balaban J connectivity index is 1.74. The summed E-state index contributed by atoms with van der Waals surface area (Å²) >= 11 is 0.908. The van der Waals surface area contributed by atoms with E-state index in [-0.39, 0.29) is 23.6 Å². The maximum absolute atomic E-state index is 12.6. The first-order chi connectivity index (χ1) is 11.9. The van der Waals surface area contributed by atoms with Gasteiger partial charge in [-0.2, -0.15) is 0 Å². The normalized spacial score (nSPS) is 20.0. The topological polar surface area (TPSA) is 62.6 Å². The number of amides is 3. The fourth-order valence-electron chi connectivity index (χ4n) is 3.19. The molecule has 0 saturated carbocycles. The van der Waals surface area contributed by atoms with Crippen LogP contribution in [0.25, 0.3) is 6.08 Å². The molecule has 0 bridgehead atoms. The number of aromatic nitrogens is 1. The molecule has 0 radical (unpaired) electrons. The van der Waals surface area contributed by atoms with E-state index >= 15 is 0 Å². The molecule has 2 aliphatic rings. The Kier molecular flexibility index (Phi) is 5.03. The van der Waals surface area contributed by atoms with Gasteiger partial charge in [0.05, 0.1) is 4.91 Å². The molecule has 0 N–H and O–H groups in total. The van der Waals surface area contributed by atoms with Gasteiger partial charge in [-0.05, 0) is 62.6 Å². The molecule has 7 heteroatoms. The van der Waals surface area contributed by atoms with Gasteiger partial charge >= 0.3 is 0 Å². The second-order valence-corrected chi connectivity index (χ2v) is 7.59. The lowest BCUT2D eigenvalue weighted by Crippen LogP contribution is -2.44. The van der Waals surface area contributed by atoms with Gasteiger partial charge in [-0.15, -0.1) is 0 Å². The van der Waals surface area contributed by atoms with Crippen LogP contribution >= 0.6 is 11.8 Å². The standard InChI is InChI=1S/C18H23N3O3S/c1-12-9-14(13(2)19(12)3)10-15-17(23)21(18(24)25-15)11-16(22)20-7-5-4-6-8-20/h9-10H,4-8,11H2,1-3H3/b15-10-. The number of piperidine rings is 1. The van der Waals surface area contributed by atoms with Crippen molar-refractivity contribution in [2.45, 2.75) is 33.1 Å². The highest BCUT2D eigenvalue weighted by Gasteiger charge is 2.37. The Morgan fingerprint density at radius 3 is 2.48 bits per heavy atom. The number of hydrogen-bond acceptors (Lipinski definition) is 4. The number of imide groups is 1. The summed E-state index contributed by atoms with van der Waals surface area (Å²) in [5.74, 6) is -0.517. The first-order valence-corrected chi connectivity index (χ1v) is 9.36. The van der Waals surface area contributed by atoms with Gasteiger partial charge < -0.3 is 9.47 Å². The summed E-state index contributed by atoms with van der Waals surface area (Å²) in [7, 11) is 1.96. The summed E-state index contributed by atoms with van der Waals surface area (Å²) in [4.78, 5) is 40.4. The van der Waals surface area contributed by atoms with Crippen LogP contribution in [0.4, 0.5) is 4.79 Å². The average Bonchev–Trinajstić information content (AvgIpc) is 3.00. The van der Waals surface area contributed by atoms with Crippen molar-refractivity contribution in [2.24, 2.45) is 7.05 Å². The van der Waals surface area contributed by atoms with Gasteiger partial charge in [-0.3, -0.25) is 19.3 Å².